The summed E-state index contributed by atoms with van der Waals surface area (Å²) < 4.78 is 52.6. The third-order valence-electron chi connectivity index (χ3n) is 3.13. The van der Waals surface area contributed by atoms with E-state index in [1.165, 1.54) is 24.3 Å². The largest absolute Gasteiger partial charge is 0.330 e. The molecule has 1 rings (SSSR count). The second-order valence-corrected chi connectivity index (χ2v) is 8.80. The number of rotatable bonds is 11. The minimum atomic E-state index is -3.58. The van der Waals surface area contributed by atoms with E-state index in [-0.39, 0.29) is 23.1 Å². The van der Waals surface area contributed by atoms with E-state index >= 15 is 0 Å². The topological polar surface area (TPSA) is 118 Å². The fourth-order valence-corrected chi connectivity index (χ4v) is 4.17. The Morgan fingerprint density at radius 1 is 1.00 bits per heavy atom. The van der Waals surface area contributed by atoms with Gasteiger partial charge in [-0.05, 0) is 50.1 Å². The van der Waals surface area contributed by atoms with Gasteiger partial charge in [-0.15, -0.1) is 12.4 Å². The van der Waals surface area contributed by atoms with Crippen molar-refractivity contribution in [2.75, 3.05) is 23.6 Å². The molecule has 0 amide bonds. The molecule has 24 heavy (non-hydrogen) atoms. The predicted molar refractivity (Wildman–Crippen MR) is 99.5 cm³/mol. The highest BCUT2D eigenvalue weighted by Crippen LogP contribution is 2.15. The number of halogens is 1. The summed E-state index contributed by atoms with van der Waals surface area (Å²) in [6.07, 6.45) is 2.79. The molecule has 0 radical (unpaired) electrons. The van der Waals surface area contributed by atoms with Gasteiger partial charge in [0.25, 0.3) is 0 Å². The molecular weight excluding hydrogens is 374 g/mol. The lowest BCUT2D eigenvalue weighted by atomic mass is 10.3. The minimum absolute atomic E-state index is 0. The molecular formula is C14H26ClN3O4S2. The van der Waals surface area contributed by atoms with Gasteiger partial charge in [0.15, 0.2) is 0 Å². The Morgan fingerprint density at radius 3 is 2.17 bits per heavy atom. The minimum Gasteiger partial charge on any atom is -0.330 e. The molecule has 10 heteroatoms. The molecule has 4 N–H and O–H groups in total. The summed E-state index contributed by atoms with van der Waals surface area (Å²) in [5, 5.41) is 0. The van der Waals surface area contributed by atoms with Crippen LogP contribution in [0.1, 0.15) is 32.6 Å². The normalized spacial score (nSPS) is 11.8. The van der Waals surface area contributed by atoms with Crippen molar-refractivity contribution in [1.82, 2.24) is 4.72 Å². The second-order valence-electron chi connectivity index (χ2n) is 5.19. The lowest BCUT2D eigenvalue weighted by Gasteiger charge is -2.09. The van der Waals surface area contributed by atoms with Crippen molar-refractivity contribution in [2.45, 2.75) is 37.5 Å². The molecule has 0 bridgehead atoms. The number of hydrogen-bond donors (Lipinski definition) is 3. The number of nitrogens with two attached hydrogens (primary N) is 1. The molecule has 1 aromatic carbocycles. The fourth-order valence-electron chi connectivity index (χ4n) is 1.83. The van der Waals surface area contributed by atoms with Crippen LogP contribution >= 0.6 is 12.4 Å². The van der Waals surface area contributed by atoms with Gasteiger partial charge in [0, 0.05) is 12.2 Å². The molecule has 7 nitrogen and oxygen atoms in total. The maximum absolute atomic E-state index is 12.1. The van der Waals surface area contributed by atoms with Gasteiger partial charge < -0.3 is 5.73 Å². The zero-order valence-corrected chi connectivity index (χ0v) is 16.1. The second kappa shape index (κ2) is 10.9. The monoisotopic (exact) mass is 399 g/mol. The Labute approximate surface area is 150 Å². The van der Waals surface area contributed by atoms with Gasteiger partial charge in [-0.1, -0.05) is 13.3 Å². The van der Waals surface area contributed by atoms with E-state index in [9.17, 15) is 16.8 Å². The average Bonchev–Trinajstić information content (AvgIpc) is 2.50. The molecule has 0 aliphatic heterocycles. The average molecular weight is 400 g/mol. The van der Waals surface area contributed by atoms with Gasteiger partial charge in [0.05, 0.1) is 10.6 Å². The summed E-state index contributed by atoms with van der Waals surface area (Å²) in [4.78, 5) is 0.0988. The van der Waals surface area contributed by atoms with Crippen molar-refractivity contribution in [1.29, 1.82) is 0 Å². The third-order valence-corrected chi connectivity index (χ3v) is 5.98. The Hall–Kier alpha value is -0.870. The van der Waals surface area contributed by atoms with Crippen LogP contribution in [0.4, 0.5) is 5.69 Å². The molecule has 0 heterocycles. The van der Waals surface area contributed by atoms with Gasteiger partial charge in [-0.25, -0.2) is 21.6 Å². The Morgan fingerprint density at radius 2 is 1.62 bits per heavy atom. The highest BCUT2D eigenvalue weighted by molar-refractivity contribution is 7.92. The van der Waals surface area contributed by atoms with Crippen molar-refractivity contribution >= 4 is 38.1 Å². The van der Waals surface area contributed by atoms with E-state index < -0.39 is 20.0 Å². The molecule has 1 aromatic rings. The molecule has 0 spiro atoms. The molecule has 0 aromatic heterocycles. The third kappa shape index (κ3) is 8.29. The van der Waals surface area contributed by atoms with Gasteiger partial charge >= 0.3 is 0 Å². The number of unbranched alkanes of at least 4 members (excludes halogenated alkanes) is 2. The van der Waals surface area contributed by atoms with Gasteiger partial charge in [-0.3, -0.25) is 4.72 Å². The highest BCUT2D eigenvalue weighted by atomic mass is 35.5. The SMILES string of the molecule is CCCCS(=O)(=O)Nc1ccc(S(=O)(=O)NCCCCN)cc1.Cl. The molecule has 0 fully saturated rings. The van der Waals surface area contributed by atoms with E-state index in [2.05, 4.69) is 9.44 Å². The lowest BCUT2D eigenvalue weighted by Crippen LogP contribution is -2.25. The number of nitrogens with one attached hydrogen (secondary N) is 2. The summed E-state index contributed by atoms with van der Waals surface area (Å²) >= 11 is 0. The van der Waals surface area contributed by atoms with Crippen molar-refractivity contribution in [2.24, 2.45) is 5.73 Å². The molecule has 0 aliphatic carbocycles. The number of hydrogen-bond acceptors (Lipinski definition) is 5. The Balaban J connectivity index is 0.00000529. The number of benzene rings is 1. The first-order valence-corrected chi connectivity index (χ1v) is 10.7. The molecule has 0 atom stereocenters. The van der Waals surface area contributed by atoms with E-state index in [4.69, 9.17) is 5.73 Å². The zero-order valence-electron chi connectivity index (χ0n) is 13.7. The fraction of sp³-hybridized carbons (Fsp3) is 0.571. The smallest absolute Gasteiger partial charge is 0.240 e. The maximum atomic E-state index is 12.1. The first kappa shape index (κ1) is 23.1. The molecule has 0 unspecified atom stereocenters. The van der Waals surface area contributed by atoms with Crippen molar-refractivity contribution in [3.63, 3.8) is 0 Å². The summed E-state index contributed by atoms with van der Waals surface area (Å²) in [6, 6.07) is 5.64. The van der Waals surface area contributed by atoms with Crippen LogP contribution in [0, 0.1) is 0 Å². The summed E-state index contributed by atoms with van der Waals surface area (Å²) in [5.41, 5.74) is 5.70. The van der Waals surface area contributed by atoms with Crippen LogP contribution < -0.4 is 15.2 Å². The van der Waals surface area contributed by atoms with Crippen molar-refractivity contribution in [3.8, 4) is 0 Å². The maximum Gasteiger partial charge on any atom is 0.240 e. The summed E-state index contributed by atoms with van der Waals surface area (Å²) in [5.74, 6) is 0.0479. The first-order chi connectivity index (χ1) is 10.8. The Kier molecular flexibility index (Phi) is 10.5. The van der Waals surface area contributed by atoms with Gasteiger partial charge in [0.1, 0.15) is 0 Å². The quantitative estimate of drug-likeness (QED) is 0.489. The molecule has 0 saturated heterocycles. The first-order valence-electron chi connectivity index (χ1n) is 7.61. The van der Waals surface area contributed by atoms with Crippen LogP contribution in [-0.4, -0.2) is 35.7 Å². The highest BCUT2D eigenvalue weighted by Gasteiger charge is 2.14. The van der Waals surface area contributed by atoms with Gasteiger partial charge in [0.2, 0.25) is 20.0 Å². The van der Waals surface area contributed by atoms with Crippen LogP contribution in [0.15, 0.2) is 29.2 Å². The summed E-state index contributed by atoms with van der Waals surface area (Å²) in [6.45, 7) is 2.76. The van der Waals surface area contributed by atoms with Crippen LogP contribution in [0.5, 0.6) is 0 Å². The lowest BCUT2D eigenvalue weighted by molar-refractivity contribution is 0.577. The van der Waals surface area contributed by atoms with Crippen LogP contribution in [0.3, 0.4) is 0 Å². The van der Waals surface area contributed by atoms with Crippen LogP contribution in [0.25, 0.3) is 0 Å². The summed E-state index contributed by atoms with van der Waals surface area (Å²) in [7, 11) is -6.98. The molecule has 140 valence electrons. The predicted octanol–water partition coefficient (Wildman–Crippen LogP) is 1.67. The Bertz CT molecular complexity index is 676. The van der Waals surface area contributed by atoms with Crippen LogP contribution in [0.2, 0.25) is 0 Å². The molecule has 0 saturated carbocycles. The number of sulfonamides is 2. The van der Waals surface area contributed by atoms with Crippen molar-refractivity contribution < 1.29 is 16.8 Å². The van der Waals surface area contributed by atoms with Gasteiger partial charge in [-0.2, -0.15) is 0 Å². The number of anilines is 1. The van der Waals surface area contributed by atoms with Crippen molar-refractivity contribution in [3.05, 3.63) is 24.3 Å². The van der Waals surface area contributed by atoms with E-state index in [1.54, 1.807) is 0 Å². The van der Waals surface area contributed by atoms with E-state index in [1.807, 2.05) is 6.92 Å². The van der Waals surface area contributed by atoms with E-state index in [0.29, 0.717) is 31.6 Å². The van der Waals surface area contributed by atoms with E-state index in [0.717, 1.165) is 12.8 Å². The molecule has 0 aliphatic rings. The zero-order chi connectivity index (χ0) is 17.3. The standard InChI is InChI=1S/C14H25N3O4S2.ClH/c1-2-3-12-22(18,19)17-13-6-8-14(9-7-13)23(20,21)16-11-5-4-10-15;/h6-9,16-17H,2-5,10-12,15H2,1H3;1H. The van der Waals surface area contributed by atoms with Crippen LogP contribution in [-0.2, 0) is 20.0 Å².